The summed E-state index contributed by atoms with van der Waals surface area (Å²) in [7, 11) is -3.45. The third kappa shape index (κ3) is 3.97. The predicted octanol–water partition coefficient (Wildman–Crippen LogP) is 3.72. The van der Waals surface area contributed by atoms with E-state index in [0.29, 0.717) is 6.42 Å². The van der Waals surface area contributed by atoms with E-state index >= 15 is 0 Å². The number of para-hydroxylation sites is 1. The van der Waals surface area contributed by atoms with Gasteiger partial charge in [0.15, 0.2) is 0 Å². The summed E-state index contributed by atoms with van der Waals surface area (Å²) in [6.07, 6.45) is 0.594. The summed E-state index contributed by atoms with van der Waals surface area (Å²) in [6, 6.07) is 14.9. The minimum Gasteiger partial charge on any atom is -0.487 e. The highest BCUT2D eigenvalue weighted by atomic mass is 32.2. The molecule has 0 fully saturated rings. The van der Waals surface area contributed by atoms with Gasteiger partial charge in [-0.15, -0.1) is 0 Å². The maximum absolute atomic E-state index is 12.6. The van der Waals surface area contributed by atoms with E-state index in [1.54, 1.807) is 0 Å². The average Bonchev–Trinajstić information content (AvgIpc) is 2.48. The van der Waals surface area contributed by atoms with Gasteiger partial charge in [-0.1, -0.05) is 48.0 Å². The fraction of sp³-hybridized carbons (Fsp3) is 0.368. The first kappa shape index (κ1) is 17.0. The predicted molar refractivity (Wildman–Crippen MR) is 95.4 cm³/mol. The van der Waals surface area contributed by atoms with E-state index in [2.05, 4.69) is 4.72 Å². The second kappa shape index (κ2) is 6.22. The first-order valence-electron chi connectivity index (χ1n) is 8.08. The number of rotatable bonds is 4. The molecule has 3 rings (SSSR count). The van der Waals surface area contributed by atoms with Crippen LogP contribution in [0.25, 0.3) is 0 Å². The number of hydrogen-bond acceptors (Lipinski definition) is 3. The maximum Gasteiger partial charge on any atom is 0.216 e. The summed E-state index contributed by atoms with van der Waals surface area (Å²) in [6.45, 7) is 5.94. The molecule has 2 aromatic rings. The van der Waals surface area contributed by atoms with Gasteiger partial charge in [0.05, 0.1) is 11.8 Å². The van der Waals surface area contributed by atoms with Gasteiger partial charge in [0.2, 0.25) is 10.0 Å². The van der Waals surface area contributed by atoms with Crippen LogP contribution in [0.15, 0.2) is 48.5 Å². The largest absolute Gasteiger partial charge is 0.487 e. The molecule has 0 saturated carbocycles. The number of sulfonamides is 1. The molecule has 4 nitrogen and oxygen atoms in total. The molecule has 2 aromatic carbocycles. The van der Waals surface area contributed by atoms with Crippen LogP contribution in [0.4, 0.5) is 0 Å². The molecule has 1 heterocycles. The van der Waals surface area contributed by atoms with Gasteiger partial charge in [-0.3, -0.25) is 0 Å². The van der Waals surface area contributed by atoms with Crippen molar-refractivity contribution in [3.63, 3.8) is 0 Å². The minimum atomic E-state index is -3.45. The Morgan fingerprint density at radius 2 is 1.79 bits per heavy atom. The highest BCUT2D eigenvalue weighted by Gasteiger charge is 2.35. The summed E-state index contributed by atoms with van der Waals surface area (Å²) in [5.41, 5.74) is 2.38. The van der Waals surface area contributed by atoms with E-state index in [9.17, 15) is 8.42 Å². The van der Waals surface area contributed by atoms with Gasteiger partial charge in [-0.2, -0.15) is 0 Å². The molecule has 0 radical (unpaired) electrons. The molecule has 0 spiro atoms. The highest BCUT2D eigenvalue weighted by Crippen LogP contribution is 2.39. The van der Waals surface area contributed by atoms with Crippen molar-refractivity contribution in [2.45, 2.75) is 44.6 Å². The lowest BCUT2D eigenvalue weighted by Gasteiger charge is -2.37. The highest BCUT2D eigenvalue weighted by molar-refractivity contribution is 7.88. The number of hydrogen-bond donors (Lipinski definition) is 1. The van der Waals surface area contributed by atoms with Crippen molar-refractivity contribution in [3.05, 3.63) is 65.2 Å². The Morgan fingerprint density at radius 1 is 1.12 bits per heavy atom. The van der Waals surface area contributed by atoms with E-state index in [1.807, 2.05) is 69.3 Å². The molecule has 24 heavy (non-hydrogen) atoms. The van der Waals surface area contributed by atoms with Crippen LogP contribution in [-0.4, -0.2) is 14.0 Å². The number of ether oxygens (including phenoxy) is 1. The molecular weight excluding hydrogens is 322 g/mol. The van der Waals surface area contributed by atoms with E-state index in [-0.39, 0.29) is 11.8 Å². The summed E-state index contributed by atoms with van der Waals surface area (Å²) in [5, 5.41) is 0. The zero-order chi connectivity index (χ0) is 17.4. The van der Waals surface area contributed by atoms with Gasteiger partial charge < -0.3 is 4.74 Å². The van der Waals surface area contributed by atoms with Crippen molar-refractivity contribution in [3.8, 4) is 5.75 Å². The Hall–Kier alpha value is -1.85. The molecule has 0 bridgehead atoms. The first-order valence-corrected chi connectivity index (χ1v) is 9.73. The fourth-order valence-corrected chi connectivity index (χ4v) is 4.43. The number of fused-ring (bicyclic) bond motifs is 1. The second-order valence-corrected chi connectivity index (χ2v) is 8.77. The van der Waals surface area contributed by atoms with Crippen molar-refractivity contribution >= 4 is 10.0 Å². The molecule has 1 aliphatic rings. The van der Waals surface area contributed by atoms with Crippen molar-refractivity contribution in [2.75, 3.05) is 0 Å². The van der Waals surface area contributed by atoms with Crippen LogP contribution in [0.2, 0.25) is 0 Å². The summed E-state index contributed by atoms with van der Waals surface area (Å²) < 4.78 is 34.1. The van der Waals surface area contributed by atoms with Crippen LogP contribution in [0, 0.1) is 6.92 Å². The molecule has 0 aromatic heterocycles. The lowest BCUT2D eigenvalue weighted by molar-refractivity contribution is 0.0702. The van der Waals surface area contributed by atoms with Gasteiger partial charge in [-0.05, 0) is 32.4 Å². The quantitative estimate of drug-likeness (QED) is 0.919. The molecule has 1 aliphatic heterocycles. The van der Waals surface area contributed by atoms with Crippen LogP contribution in [0.1, 0.15) is 43.0 Å². The SMILES string of the molecule is Cc1ccc(CS(=O)(=O)N[C@@H]2CC(C)(C)Oc3ccccc32)cc1. The second-order valence-electron chi connectivity index (χ2n) is 7.02. The van der Waals surface area contributed by atoms with Gasteiger partial charge in [0.1, 0.15) is 11.4 Å². The zero-order valence-corrected chi connectivity index (χ0v) is 15.1. The van der Waals surface area contributed by atoms with E-state index < -0.39 is 15.6 Å². The zero-order valence-electron chi connectivity index (χ0n) is 14.2. The third-order valence-electron chi connectivity index (χ3n) is 4.18. The molecule has 0 amide bonds. The molecular formula is C19H23NO3S. The number of aryl methyl sites for hydroxylation is 1. The van der Waals surface area contributed by atoms with Gasteiger partial charge in [0, 0.05) is 12.0 Å². The Balaban J connectivity index is 1.82. The van der Waals surface area contributed by atoms with E-state index in [0.717, 1.165) is 22.4 Å². The lowest BCUT2D eigenvalue weighted by atomic mass is 9.90. The van der Waals surface area contributed by atoms with Crippen LogP contribution < -0.4 is 9.46 Å². The van der Waals surface area contributed by atoms with Crippen LogP contribution in [-0.2, 0) is 15.8 Å². The standard InChI is InChI=1S/C19H23NO3S/c1-14-8-10-15(11-9-14)13-24(21,22)20-17-12-19(2,3)23-18-7-5-4-6-16(17)18/h4-11,17,20H,12-13H2,1-3H3/t17-/m1/s1. The van der Waals surface area contributed by atoms with Gasteiger partial charge in [0.25, 0.3) is 0 Å². The molecule has 0 saturated heterocycles. The van der Waals surface area contributed by atoms with Crippen molar-refractivity contribution in [1.29, 1.82) is 0 Å². The molecule has 0 unspecified atom stereocenters. The Morgan fingerprint density at radius 3 is 2.50 bits per heavy atom. The molecule has 5 heteroatoms. The van der Waals surface area contributed by atoms with Crippen LogP contribution in [0.3, 0.4) is 0 Å². The van der Waals surface area contributed by atoms with E-state index in [4.69, 9.17) is 4.74 Å². The summed E-state index contributed by atoms with van der Waals surface area (Å²) in [5.74, 6) is 0.726. The normalized spacial score (nSPS) is 19.4. The van der Waals surface area contributed by atoms with Crippen molar-refractivity contribution in [1.82, 2.24) is 4.72 Å². The Kier molecular flexibility index (Phi) is 4.40. The molecule has 128 valence electrons. The molecule has 0 aliphatic carbocycles. The van der Waals surface area contributed by atoms with Gasteiger partial charge in [-0.25, -0.2) is 13.1 Å². The van der Waals surface area contributed by atoms with Gasteiger partial charge >= 0.3 is 0 Å². The summed E-state index contributed by atoms with van der Waals surface area (Å²) >= 11 is 0. The topological polar surface area (TPSA) is 55.4 Å². The Bertz CT molecular complexity index is 826. The molecule has 1 atom stereocenters. The fourth-order valence-electron chi connectivity index (χ4n) is 3.07. The Labute approximate surface area is 143 Å². The lowest BCUT2D eigenvalue weighted by Crippen LogP contribution is -2.41. The molecule has 1 N–H and O–H groups in total. The van der Waals surface area contributed by atoms with E-state index in [1.165, 1.54) is 0 Å². The monoisotopic (exact) mass is 345 g/mol. The van der Waals surface area contributed by atoms with Crippen molar-refractivity contribution in [2.24, 2.45) is 0 Å². The maximum atomic E-state index is 12.6. The minimum absolute atomic E-state index is 0.0206. The van der Waals surface area contributed by atoms with Crippen molar-refractivity contribution < 1.29 is 13.2 Å². The first-order chi connectivity index (χ1) is 11.2. The van der Waals surface area contributed by atoms with Crippen LogP contribution in [0.5, 0.6) is 5.75 Å². The third-order valence-corrected chi connectivity index (χ3v) is 5.53. The number of benzene rings is 2. The van der Waals surface area contributed by atoms with Crippen LogP contribution >= 0.6 is 0 Å². The summed E-state index contributed by atoms with van der Waals surface area (Å²) in [4.78, 5) is 0. The average molecular weight is 345 g/mol. The smallest absolute Gasteiger partial charge is 0.216 e. The number of nitrogens with one attached hydrogen (secondary N) is 1.